The van der Waals surface area contributed by atoms with Gasteiger partial charge in [-0.1, -0.05) is 72.8 Å². The highest BCUT2D eigenvalue weighted by atomic mass is 32.2. The summed E-state index contributed by atoms with van der Waals surface area (Å²) in [6.07, 6.45) is 4.38. The first-order valence-electron chi connectivity index (χ1n) is 13.5. The molecule has 0 saturated heterocycles. The largest absolute Gasteiger partial charge is 0.480 e. The Kier molecular flexibility index (Phi) is 10.9. The third-order valence-corrected chi connectivity index (χ3v) is 8.42. The van der Waals surface area contributed by atoms with Crippen molar-refractivity contribution in [1.29, 1.82) is 0 Å². The molecule has 0 heterocycles. The van der Waals surface area contributed by atoms with Crippen LogP contribution in [0, 0.1) is 6.92 Å². The molecule has 0 saturated carbocycles. The van der Waals surface area contributed by atoms with Crippen molar-refractivity contribution in [1.82, 2.24) is 5.32 Å². The number of aliphatic carboxylic acids is 1. The Labute approximate surface area is 251 Å². The smallest absolute Gasteiger partial charge is 0.326 e. The van der Waals surface area contributed by atoms with E-state index in [4.69, 9.17) is 0 Å². The molecule has 41 heavy (non-hydrogen) atoms. The highest BCUT2D eigenvalue weighted by molar-refractivity contribution is 7.98. The molecule has 0 bridgehead atoms. The minimum atomic E-state index is -1.02. The third-order valence-electron chi connectivity index (χ3n) is 6.99. The quantitative estimate of drug-likeness (QED) is 0.158. The maximum absolute atomic E-state index is 13.5. The molecule has 0 spiro atoms. The molecule has 0 aliphatic carbocycles. The minimum Gasteiger partial charge on any atom is -0.480 e. The van der Waals surface area contributed by atoms with Gasteiger partial charge in [-0.3, -0.25) is 4.79 Å². The second-order valence-electron chi connectivity index (χ2n) is 9.85. The molecule has 1 atom stereocenters. The number of benzene rings is 4. The number of carbonyl (C=O) groups is 2. The van der Waals surface area contributed by atoms with Crippen LogP contribution in [0.4, 0.5) is 5.69 Å². The van der Waals surface area contributed by atoms with Crippen LogP contribution in [-0.2, 0) is 17.9 Å². The fraction of sp³-hybridized carbons (Fsp3) is 0.235. The standard InChI is InChI=1S/C34H36N2O3S2/c1-24-11-7-8-14-27(24)29-21-26(17-18-28(29)33(37)35-30(34(38)39)19-20-40-2)23-36(22-25-12-5-4-6-13-25)31-15-9-10-16-32(31)41-3/h4-18,21,30H,19-20,22-23H2,1-3H3,(H,35,37)(H,38,39). The molecule has 1 unspecified atom stereocenters. The number of carboxylic acid groups (broad SMARTS) is 1. The van der Waals surface area contributed by atoms with Crippen LogP contribution in [0.25, 0.3) is 11.1 Å². The van der Waals surface area contributed by atoms with Crippen LogP contribution in [0.3, 0.4) is 0 Å². The highest BCUT2D eigenvalue weighted by Gasteiger charge is 2.23. The Morgan fingerprint density at radius 2 is 1.51 bits per heavy atom. The van der Waals surface area contributed by atoms with Gasteiger partial charge < -0.3 is 15.3 Å². The molecular formula is C34H36N2O3S2. The molecule has 0 fully saturated rings. The number of hydrogen-bond acceptors (Lipinski definition) is 5. The van der Waals surface area contributed by atoms with Gasteiger partial charge in [-0.15, -0.1) is 11.8 Å². The van der Waals surface area contributed by atoms with Crippen LogP contribution in [0.5, 0.6) is 0 Å². The average molecular weight is 585 g/mol. The number of carboxylic acids is 1. The summed E-state index contributed by atoms with van der Waals surface area (Å²) in [6, 6.07) is 31.8. The van der Waals surface area contributed by atoms with Crippen LogP contribution in [-0.4, -0.2) is 41.3 Å². The maximum atomic E-state index is 13.5. The van der Waals surface area contributed by atoms with Crippen LogP contribution < -0.4 is 10.2 Å². The number of hydrogen-bond donors (Lipinski definition) is 2. The number of rotatable bonds is 13. The number of nitrogens with zero attached hydrogens (tertiary/aromatic N) is 1. The van der Waals surface area contributed by atoms with E-state index in [0.717, 1.165) is 34.5 Å². The first-order chi connectivity index (χ1) is 19.9. The Morgan fingerprint density at radius 3 is 2.22 bits per heavy atom. The zero-order valence-electron chi connectivity index (χ0n) is 23.7. The lowest BCUT2D eigenvalue weighted by molar-refractivity contribution is -0.139. The third kappa shape index (κ3) is 7.96. The fourth-order valence-corrected chi connectivity index (χ4v) is 5.95. The molecule has 4 rings (SSSR count). The Morgan fingerprint density at radius 1 is 0.829 bits per heavy atom. The van der Waals surface area contributed by atoms with Gasteiger partial charge in [0.15, 0.2) is 0 Å². The molecular weight excluding hydrogens is 549 g/mol. The molecule has 1 amide bonds. The summed E-state index contributed by atoms with van der Waals surface area (Å²) < 4.78 is 0. The van der Waals surface area contributed by atoms with Crippen molar-refractivity contribution in [2.75, 3.05) is 23.2 Å². The van der Waals surface area contributed by atoms with Crippen LogP contribution in [0.15, 0.2) is 102 Å². The van der Waals surface area contributed by atoms with Crippen molar-refractivity contribution < 1.29 is 14.7 Å². The van der Waals surface area contributed by atoms with Crippen molar-refractivity contribution in [2.24, 2.45) is 0 Å². The van der Waals surface area contributed by atoms with Gasteiger partial charge in [-0.25, -0.2) is 4.79 Å². The number of anilines is 1. The normalized spacial score (nSPS) is 11.6. The maximum Gasteiger partial charge on any atom is 0.326 e. The SMILES string of the molecule is CSCCC(NC(=O)c1ccc(CN(Cc2ccccc2)c2ccccc2SC)cc1-c1ccccc1C)C(=O)O. The Balaban J connectivity index is 1.74. The number of amides is 1. The van der Waals surface area contributed by atoms with Crippen molar-refractivity contribution in [3.63, 3.8) is 0 Å². The lowest BCUT2D eigenvalue weighted by Gasteiger charge is -2.28. The molecule has 5 nitrogen and oxygen atoms in total. The van der Waals surface area contributed by atoms with Gasteiger partial charge >= 0.3 is 5.97 Å². The Bertz CT molecular complexity index is 1480. The molecule has 4 aromatic rings. The second kappa shape index (κ2) is 14.8. The molecule has 0 aliphatic rings. The lowest BCUT2D eigenvalue weighted by Crippen LogP contribution is -2.41. The summed E-state index contributed by atoms with van der Waals surface area (Å²) in [4.78, 5) is 28.9. The van der Waals surface area contributed by atoms with Crippen LogP contribution in [0.2, 0.25) is 0 Å². The highest BCUT2D eigenvalue weighted by Crippen LogP contribution is 2.33. The number of para-hydroxylation sites is 1. The Hall–Kier alpha value is -3.68. The van der Waals surface area contributed by atoms with E-state index in [9.17, 15) is 14.7 Å². The molecule has 212 valence electrons. The predicted molar refractivity (Wildman–Crippen MR) is 173 cm³/mol. The van der Waals surface area contributed by atoms with E-state index in [2.05, 4.69) is 71.1 Å². The topological polar surface area (TPSA) is 69.6 Å². The zero-order chi connectivity index (χ0) is 29.2. The lowest BCUT2D eigenvalue weighted by atomic mass is 9.93. The van der Waals surface area contributed by atoms with Gasteiger partial charge in [0.1, 0.15) is 6.04 Å². The van der Waals surface area contributed by atoms with Gasteiger partial charge in [0.05, 0.1) is 5.69 Å². The summed E-state index contributed by atoms with van der Waals surface area (Å²) in [5, 5.41) is 12.5. The molecule has 0 aliphatic heterocycles. The summed E-state index contributed by atoms with van der Waals surface area (Å²) in [6.45, 7) is 3.40. The number of thioether (sulfide) groups is 2. The molecule has 0 aromatic heterocycles. The molecule has 7 heteroatoms. The monoisotopic (exact) mass is 584 g/mol. The van der Waals surface area contributed by atoms with Gasteiger partial charge in [-0.2, -0.15) is 11.8 Å². The summed E-state index contributed by atoms with van der Waals surface area (Å²) in [5.41, 5.74) is 6.69. The summed E-state index contributed by atoms with van der Waals surface area (Å²) in [5.74, 6) is -0.752. The number of aryl methyl sites for hydroxylation is 1. The van der Waals surface area contributed by atoms with Gasteiger partial charge in [-0.05, 0) is 83.7 Å². The van der Waals surface area contributed by atoms with E-state index < -0.39 is 12.0 Å². The first-order valence-corrected chi connectivity index (χ1v) is 16.2. The van der Waals surface area contributed by atoms with Crippen molar-refractivity contribution in [2.45, 2.75) is 37.4 Å². The van der Waals surface area contributed by atoms with E-state index in [1.54, 1.807) is 23.5 Å². The molecule has 4 aromatic carbocycles. The molecule has 2 N–H and O–H groups in total. The van der Waals surface area contributed by atoms with E-state index in [0.29, 0.717) is 24.3 Å². The van der Waals surface area contributed by atoms with Crippen molar-refractivity contribution >= 4 is 41.1 Å². The van der Waals surface area contributed by atoms with Crippen LogP contribution >= 0.6 is 23.5 Å². The summed E-state index contributed by atoms with van der Waals surface area (Å²) in [7, 11) is 0. The van der Waals surface area contributed by atoms with E-state index in [-0.39, 0.29) is 5.91 Å². The first kappa shape index (κ1) is 30.3. The van der Waals surface area contributed by atoms with E-state index in [1.165, 1.54) is 10.5 Å². The van der Waals surface area contributed by atoms with Crippen molar-refractivity contribution in [3.05, 3.63) is 119 Å². The van der Waals surface area contributed by atoms with Gasteiger partial charge in [0, 0.05) is 23.5 Å². The van der Waals surface area contributed by atoms with Crippen molar-refractivity contribution in [3.8, 4) is 11.1 Å². The van der Waals surface area contributed by atoms with Gasteiger partial charge in [0.2, 0.25) is 0 Å². The minimum absolute atomic E-state index is 0.364. The number of nitrogens with one attached hydrogen (secondary N) is 1. The predicted octanol–water partition coefficient (Wildman–Crippen LogP) is 7.53. The van der Waals surface area contributed by atoms with Gasteiger partial charge in [0.25, 0.3) is 5.91 Å². The van der Waals surface area contributed by atoms with E-state index in [1.807, 2.05) is 55.6 Å². The number of carbonyl (C=O) groups excluding carboxylic acids is 1. The average Bonchev–Trinajstić information content (AvgIpc) is 2.99. The molecule has 0 radical (unpaired) electrons. The zero-order valence-corrected chi connectivity index (χ0v) is 25.3. The van der Waals surface area contributed by atoms with E-state index >= 15 is 0 Å². The second-order valence-corrected chi connectivity index (χ2v) is 11.7. The van der Waals surface area contributed by atoms with Crippen LogP contribution in [0.1, 0.15) is 33.5 Å². The summed E-state index contributed by atoms with van der Waals surface area (Å²) >= 11 is 3.28. The fourth-order valence-electron chi connectivity index (χ4n) is 4.86.